The van der Waals surface area contributed by atoms with Gasteiger partial charge in [0, 0.05) is 120 Å². The third kappa shape index (κ3) is 26.3. The first-order valence-electron chi connectivity index (χ1n) is 45.5. The van der Waals surface area contributed by atoms with Crippen LogP contribution in [-0.2, 0) is 38.2 Å². The molecule has 6 aromatic carbocycles. The Hall–Kier alpha value is -11.4. The number of thiazole rings is 2. The summed E-state index contributed by atoms with van der Waals surface area (Å²) in [5.74, 6) is -1.16. The molecule has 12 aromatic rings. The quantitative estimate of drug-likeness (QED) is 0.0181. The van der Waals surface area contributed by atoms with Crippen LogP contribution in [0.3, 0.4) is 0 Å². The lowest BCUT2D eigenvalue weighted by Gasteiger charge is -2.35. The molecule has 716 valence electrons. The van der Waals surface area contributed by atoms with E-state index in [-0.39, 0.29) is 69.0 Å². The minimum absolute atomic E-state index is 0.00904. The van der Waals surface area contributed by atoms with Gasteiger partial charge in [-0.3, -0.25) is 24.0 Å². The molecule has 14 rings (SSSR count). The second-order valence-electron chi connectivity index (χ2n) is 36.8. The molecule has 8 N–H and O–H groups in total. The molecular formula is C102H124Br2N16O13S2. The highest BCUT2D eigenvalue weighted by Gasteiger charge is 2.46. The van der Waals surface area contributed by atoms with Crippen LogP contribution in [-0.4, -0.2) is 189 Å². The topological polar surface area (TPSA) is 370 Å². The van der Waals surface area contributed by atoms with Crippen LogP contribution in [0.15, 0.2) is 188 Å². The number of carboxylic acids is 1. The molecule has 0 saturated carbocycles. The fraction of sp³-hybridized carbons (Fsp3) is 0.412. The number of amides is 5. The van der Waals surface area contributed by atoms with Crippen LogP contribution in [0.5, 0.6) is 0 Å². The number of aryl methyl sites for hydroxylation is 8. The zero-order chi connectivity index (χ0) is 97.3. The summed E-state index contributed by atoms with van der Waals surface area (Å²) in [7, 11) is 0. The highest BCUT2D eigenvalue weighted by Crippen LogP contribution is 2.42. The minimum atomic E-state index is -0.955. The molecule has 0 bridgehead atoms. The molecule has 8 heterocycles. The van der Waals surface area contributed by atoms with Crippen molar-refractivity contribution in [1.29, 1.82) is 0 Å². The third-order valence-electron chi connectivity index (χ3n) is 24.4. The summed E-state index contributed by atoms with van der Waals surface area (Å²) in [6, 6.07) is 37.7. The largest absolute Gasteiger partial charge is 0.480 e. The smallest absolute Gasteiger partial charge is 0.329 e. The van der Waals surface area contributed by atoms with Gasteiger partial charge in [-0.2, -0.15) is 0 Å². The van der Waals surface area contributed by atoms with Crippen LogP contribution in [0, 0.1) is 66.2 Å². The van der Waals surface area contributed by atoms with E-state index in [1.54, 1.807) is 47.7 Å². The van der Waals surface area contributed by atoms with Gasteiger partial charge in [0.25, 0.3) is 0 Å². The number of benzene rings is 6. The van der Waals surface area contributed by atoms with E-state index in [0.717, 1.165) is 194 Å². The number of aromatic nitrogens is 8. The highest BCUT2D eigenvalue weighted by atomic mass is 79.9. The van der Waals surface area contributed by atoms with E-state index in [9.17, 15) is 39.0 Å². The number of halogens is 2. The fourth-order valence-corrected chi connectivity index (χ4v) is 19.6. The van der Waals surface area contributed by atoms with Crippen molar-refractivity contribution in [1.82, 2.24) is 65.1 Å². The van der Waals surface area contributed by atoms with Crippen LogP contribution in [0.1, 0.15) is 175 Å². The number of hydrogen-bond donors (Lipinski definition) is 7. The summed E-state index contributed by atoms with van der Waals surface area (Å²) in [6.45, 7) is 33.0. The van der Waals surface area contributed by atoms with E-state index in [0.29, 0.717) is 13.2 Å². The van der Waals surface area contributed by atoms with Crippen molar-refractivity contribution < 1.29 is 62.6 Å². The minimum Gasteiger partial charge on any atom is -0.480 e. The molecule has 0 spiro atoms. The van der Waals surface area contributed by atoms with Crippen molar-refractivity contribution in [2.24, 2.45) is 16.6 Å². The molecule has 135 heavy (non-hydrogen) atoms. The monoisotopic (exact) mass is 2000 g/mol. The van der Waals surface area contributed by atoms with Gasteiger partial charge in [-0.05, 0) is 243 Å². The number of imidazole rings is 2. The molecule has 0 unspecified atom stereocenters. The van der Waals surface area contributed by atoms with Gasteiger partial charge < -0.3 is 84.3 Å². The fourth-order valence-electron chi connectivity index (χ4n) is 16.8. The van der Waals surface area contributed by atoms with Gasteiger partial charge in [-0.15, -0.1) is 22.7 Å². The van der Waals surface area contributed by atoms with Crippen molar-refractivity contribution in [2.75, 3.05) is 62.4 Å². The third-order valence-corrected chi connectivity index (χ3v) is 27.6. The number of carbonyl (C=O) groups excluding carboxylic acids is 5. The van der Waals surface area contributed by atoms with Gasteiger partial charge in [0.05, 0.1) is 97.9 Å². The van der Waals surface area contributed by atoms with Gasteiger partial charge in [-0.25, -0.2) is 24.7 Å². The van der Waals surface area contributed by atoms with Crippen molar-refractivity contribution in [3.05, 3.63) is 235 Å². The number of nitrogens with one attached hydrogen (secondary N) is 3. The van der Waals surface area contributed by atoms with E-state index in [1.807, 2.05) is 178 Å². The van der Waals surface area contributed by atoms with Crippen LogP contribution < -0.4 is 31.5 Å². The van der Waals surface area contributed by atoms with E-state index in [1.165, 1.54) is 9.80 Å². The molecule has 5 amide bonds. The number of aliphatic carboxylic acids is 1. The summed E-state index contributed by atoms with van der Waals surface area (Å²) in [5.41, 5.74) is 29.0. The maximum absolute atomic E-state index is 14.2. The first-order valence-corrected chi connectivity index (χ1v) is 48.9. The number of hydrogen-bond acceptors (Lipinski definition) is 23. The molecule has 33 heteroatoms. The zero-order valence-corrected chi connectivity index (χ0v) is 84.3. The number of rotatable bonds is 35. The Kier molecular flexibility index (Phi) is 35.3. The molecular weight excluding hydrogens is 1880 g/mol. The first-order chi connectivity index (χ1) is 64.3. The van der Waals surface area contributed by atoms with Crippen LogP contribution in [0.25, 0.3) is 54.5 Å². The molecule has 0 radical (unpaired) electrons. The number of unbranched alkanes of at least 4 members (excludes halogenated alkanes) is 4. The van der Waals surface area contributed by atoms with Gasteiger partial charge in [-0.1, -0.05) is 125 Å². The Morgan fingerprint density at radius 3 is 1.30 bits per heavy atom. The van der Waals surface area contributed by atoms with Crippen LogP contribution in [0.4, 0.5) is 22.7 Å². The van der Waals surface area contributed by atoms with Gasteiger partial charge in [0.2, 0.25) is 29.5 Å². The Morgan fingerprint density at radius 1 is 0.526 bits per heavy atom. The Labute approximate surface area is 814 Å². The van der Waals surface area contributed by atoms with E-state index >= 15 is 0 Å². The Bertz CT molecular complexity index is 5990. The summed E-state index contributed by atoms with van der Waals surface area (Å²) < 4.78 is 27.8. The summed E-state index contributed by atoms with van der Waals surface area (Å²) >= 11 is 10.7. The average Bonchev–Trinajstić information content (AvgIpc) is 1.26. The summed E-state index contributed by atoms with van der Waals surface area (Å²) in [5, 5.41) is 46.9. The number of nitrogens with zero attached hydrogens (tertiary/aromatic N) is 12. The number of β-amino-alcohol motifs (C(OH)–C–C–N with tert-alkyl or cyclic N) is 2. The standard InChI is InChI=1S/C51H61BrN8O6S.C28H31BrN4O4.C23H32N4O3S/c1-31-12-13-38(46-33(3)57-66-35(46)5)24-43(31)59(39-18-19-42(41(52)25-39)58-22-20-53-29-58)21-10-9-11-23-65-28-45(62)56-48(51(6,7)8)50(64)60-27-40(61)26-44(60)49(63)55-32(2)36-14-16-37(17-15-36)47-34(4)54-30-67-47;1-19-7-8-22(28-20(2)31-37-21(28)3)15-26(19)33(12-5-4-6-14-36-17-27(34)35)23-9-10-25(24(29)16-23)32-13-11-30-18-32;1-13(15-6-8-16(9-7-15)19-14(2)25-12-31-19)26-21(29)18-10-17(28)11-27(18)22(30)20(24)23(3,4)5/h12-20,22,24-25,29-30,32,40,44,48,61H,9-11,21,23,26-28H2,1-8H3,(H,55,63)(H,56,62);7-11,13,15-16,18H,4-6,12,14,17H2,1-3H3,(H,34,35);6-9,12-13,17-18,20,28H,10-11,24H2,1-5H3,(H,26,29)/t32-,40+,44-,48+;;13-,17+,18-,20+/m0.0/s1. The highest BCUT2D eigenvalue weighted by molar-refractivity contribution is 9.11. The van der Waals surface area contributed by atoms with Crippen LogP contribution in [0.2, 0.25) is 0 Å². The van der Waals surface area contributed by atoms with E-state index in [4.69, 9.17) is 29.4 Å². The first kappa shape index (κ1) is 103. The average molecular weight is 2010 g/mol. The van der Waals surface area contributed by atoms with Gasteiger partial charge in [0.15, 0.2) is 0 Å². The number of anilines is 4. The number of nitrogens with two attached hydrogens (primary N) is 1. The maximum Gasteiger partial charge on any atom is 0.329 e. The molecule has 2 aliphatic heterocycles. The van der Waals surface area contributed by atoms with E-state index in [2.05, 4.69) is 175 Å². The molecule has 29 nitrogen and oxygen atoms in total. The molecule has 2 fully saturated rings. The predicted molar refractivity (Wildman–Crippen MR) is 535 cm³/mol. The normalized spacial score (nSPS) is 15.8. The summed E-state index contributed by atoms with van der Waals surface area (Å²) in [6.07, 6.45) is 14.7. The van der Waals surface area contributed by atoms with Crippen molar-refractivity contribution >= 4 is 113 Å². The van der Waals surface area contributed by atoms with Gasteiger partial charge in [0.1, 0.15) is 42.9 Å². The molecule has 8 atom stereocenters. The lowest BCUT2D eigenvalue weighted by molar-refractivity contribution is -0.144. The number of aliphatic hydroxyl groups excluding tert-OH is 2. The summed E-state index contributed by atoms with van der Waals surface area (Å²) in [4.78, 5) is 105. The molecule has 2 aliphatic rings. The maximum atomic E-state index is 14.2. The predicted octanol–water partition coefficient (Wildman–Crippen LogP) is 18.6. The number of likely N-dealkylation sites (tertiary alicyclic amines) is 2. The number of aliphatic hydroxyl groups is 2. The lowest BCUT2D eigenvalue weighted by atomic mass is 9.85. The van der Waals surface area contributed by atoms with Crippen molar-refractivity contribution in [3.8, 4) is 54.5 Å². The van der Waals surface area contributed by atoms with E-state index < -0.39 is 65.0 Å². The van der Waals surface area contributed by atoms with Gasteiger partial charge >= 0.3 is 5.97 Å². The number of carboxylic acid groups (broad SMARTS) is 1. The second kappa shape index (κ2) is 46.4. The van der Waals surface area contributed by atoms with Crippen molar-refractivity contribution in [3.63, 3.8) is 0 Å². The molecule has 6 aromatic heterocycles. The van der Waals surface area contributed by atoms with Crippen molar-refractivity contribution in [2.45, 2.75) is 211 Å². The SMILES string of the molecule is Cc1ccc(-c2c(C)noc2C)cc1N(CCCCCOCC(=O)N[C@H](C(=O)N1C[C@H](O)C[C@H]1C(=O)N[C@@H](C)c1ccc(-c2scnc2C)cc1)C(C)(C)C)c1ccc(-n2ccnc2)c(Br)c1.Cc1ccc(-c2c(C)noc2C)cc1N(CCCCCOCC(=O)O)c1ccc(-n2ccnc2)c(Br)c1.Cc1ncsc1-c1ccc([C@H](C)NC(=O)[C@@H]2C[C@@H](O)CN2C(=O)[C@@H](N)C(C)(C)C)cc1. The number of carbonyl (C=O) groups is 6. The number of ether oxygens (including phenoxy) is 2. The Morgan fingerprint density at radius 2 is 0.941 bits per heavy atom. The molecule has 0 aliphatic carbocycles. The van der Waals surface area contributed by atoms with Crippen LogP contribution >= 0.6 is 54.5 Å². The zero-order valence-electron chi connectivity index (χ0n) is 79.5. The Balaban J connectivity index is 0.000000202. The lowest BCUT2D eigenvalue weighted by Crippen LogP contribution is -2.58. The molecule has 2 saturated heterocycles. The second-order valence-corrected chi connectivity index (χ2v) is 40.2.